The zero-order chi connectivity index (χ0) is 97.0. The molecule has 0 heterocycles. The summed E-state index contributed by atoms with van der Waals surface area (Å²) >= 11 is 0. The molecular weight excluding hydrogens is 1620 g/mol. The van der Waals surface area contributed by atoms with Gasteiger partial charge in [-0.2, -0.15) is 0 Å². The van der Waals surface area contributed by atoms with Gasteiger partial charge in [-0.15, -0.1) is 42.4 Å². The van der Waals surface area contributed by atoms with Crippen LogP contribution in [0, 0.1) is 155 Å². The van der Waals surface area contributed by atoms with Gasteiger partial charge in [0.25, 0.3) is 0 Å². The van der Waals surface area contributed by atoms with Crippen LogP contribution < -0.4 is 4.74 Å². The van der Waals surface area contributed by atoms with Gasteiger partial charge < -0.3 is 84.9 Å². The van der Waals surface area contributed by atoms with E-state index in [9.17, 15) is 84.9 Å². The molecule has 18 nitrogen and oxygen atoms in total. The number of hydrogen-bond acceptors (Lipinski definition) is 18. The van der Waals surface area contributed by atoms with E-state index in [0.29, 0.717) is 153 Å². The van der Waals surface area contributed by atoms with E-state index >= 15 is 0 Å². The van der Waals surface area contributed by atoms with Crippen LogP contribution in [0.4, 0.5) is 0 Å². The van der Waals surface area contributed by atoms with Gasteiger partial charge in [0, 0.05) is 101 Å². The topological polar surface area (TPSA) is 334 Å². The summed E-state index contributed by atoms with van der Waals surface area (Å²) in [6, 6.07) is 7.41. The smallest absolute Gasteiger partial charge is 0.130 e. The van der Waals surface area contributed by atoms with Crippen LogP contribution in [0.5, 0.6) is 5.75 Å². The molecule has 1 aromatic carbocycles. The van der Waals surface area contributed by atoms with Gasteiger partial charge in [0.1, 0.15) is 71.0 Å². The fourth-order valence-electron chi connectivity index (χ4n) is 9.66. The number of aliphatic hydroxyl groups is 11. The van der Waals surface area contributed by atoms with Crippen molar-refractivity contribution >= 4 is 34.7 Å². The number of methoxy groups -OCH3 is 1. The zero-order valence-electron chi connectivity index (χ0n) is 77.4. The van der Waals surface area contributed by atoms with E-state index in [1.807, 2.05) is 38.1 Å². The Labute approximate surface area is 772 Å². The second-order valence-electron chi connectivity index (χ2n) is 29.6. The van der Waals surface area contributed by atoms with Crippen LogP contribution in [0.25, 0.3) is 0 Å². The minimum absolute atomic E-state index is 0.118. The first-order valence-corrected chi connectivity index (χ1v) is 43.6. The molecule has 1 fully saturated rings. The summed E-state index contributed by atoms with van der Waals surface area (Å²) in [6.07, 6.45) is 60.5. The number of benzene rings is 1. The van der Waals surface area contributed by atoms with Crippen LogP contribution >= 0.6 is 0 Å². The Morgan fingerprint density at radius 2 is 0.651 bits per heavy atom. The number of hydrogen-bond donors (Lipinski definition) is 11. The molecule has 0 amide bonds. The summed E-state index contributed by atoms with van der Waals surface area (Å²) < 4.78 is 5.08. The molecule has 0 unspecified atom stereocenters. The number of carbonyl (C=O) groups excluding carboxylic acids is 6. The summed E-state index contributed by atoms with van der Waals surface area (Å²) in [5, 5.41) is 105. The number of carbonyl (C=O) groups is 6. The third-order valence-electron chi connectivity index (χ3n) is 16.4. The molecule has 0 aromatic heterocycles. The SMILES string of the molecule is C#CC[C@@H](O)/C=C/C=C/C#CCCC(C)=O.C#CC[C@@H](O)/C=C/C=C/C#C[C@@H](O)CCCC(C)=O.CC#CC[C@@H](O)/C=C/C=C/C#C[C@@H](O)CCCC(C)=O.CC(=O)CCC[C@H](O)C#C/C=C/C=C/[C@H](O)CC#CC(C)C.CC(=O)CCC[C@H](O)C#C/C=C/C=C/[C@H](O)CC#CC1CCCCC1.COc1ccc(C#CC[C@@H](O)/C=C/C=C/C#C[C@@H](O)CCCC(C)=O)cc1. The summed E-state index contributed by atoms with van der Waals surface area (Å²) in [4.78, 5) is 64.3. The van der Waals surface area contributed by atoms with E-state index in [1.165, 1.54) is 59.8 Å². The minimum atomic E-state index is -0.725. The molecule has 0 aliphatic heterocycles. The Bertz CT molecular complexity index is 4500. The number of ether oxygens (including phenoxy) is 1. The Balaban J connectivity index is -0.000000733. The third kappa shape index (κ3) is 101. The summed E-state index contributed by atoms with van der Waals surface area (Å²) in [7, 11) is 1.61. The minimum Gasteiger partial charge on any atom is -0.497 e. The number of rotatable bonds is 41. The van der Waals surface area contributed by atoms with E-state index < -0.39 is 67.1 Å². The van der Waals surface area contributed by atoms with Crippen LogP contribution in [0.15, 0.2) is 170 Å². The Morgan fingerprint density at radius 1 is 0.364 bits per heavy atom. The second kappa shape index (κ2) is 91.0. The van der Waals surface area contributed by atoms with Gasteiger partial charge in [0.05, 0.1) is 43.7 Å². The van der Waals surface area contributed by atoms with Crippen molar-refractivity contribution in [3.63, 3.8) is 0 Å². The van der Waals surface area contributed by atoms with Gasteiger partial charge >= 0.3 is 0 Å². The lowest BCUT2D eigenvalue weighted by Crippen LogP contribution is -2.04. The maximum Gasteiger partial charge on any atom is 0.130 e. The maximum absolute atomic E-state index is 10.8. The lowest BCUT2D eigenvalue weighted by atomic mass is 9.90. The highest BCUT2D eigenvalue weighted by atomic mass is 16.5. The first-order chi connectivity index (χ1) is 61.8. The van der Waals surface area contributed by atoms with Crippen LogP contribution in [0.1, 0.15) is 248 Å². The highest BCUT2D eigenvalue weighted by molar-refractivity contribution is 5.77. The number of allylic oxidation sites excluding steroid dienone is 18. The third-order valence-corrected chi connectivity index (χ3v) is 16.4. The lowest BCUT2D eigenvalue weighted by molar-refractivity contribution is -0.118. The highest BCUT2D eigenvalue weighted by Crippen LogP contribution is 2.23. The van der Waals surface area contributed by atoms with Gasteiger partial charge in [-0.05, 0) is 186 Å². The van der Waals surface area contributed by atoms with E-state index in [0.717, 1.165) is 11.3 Å². The average Bonchev–Trinajstić information content (AvgIpc) is 0.910. The van der Waals surface area contributed by atoms with Crippen molar-refractivity contribution < 1.29 is 89.7 Å². The van der Waals surface area contributed by atoms with Crippen LogP contribution in [0.3, 0.4) is 0 Å². The molecule has 1 aromatic rings. The standard InChI is InChI=1S/C23H26O4.C22H30O3.C19H26O3.C17H22O3.C16H20O3.C14H16O2/c1-19(24)9-7-13-21(25)11-5-3-4-6-12-22(26)14-8-10-20-15-17-23(27-2)18-16-20;1-19(23)11-9-17-21(24)15-7-2-3-8-16-22(25)18-10-14-20-12-5-4-6-13-20;1-16(2)10-8-14-18(21)12-6-4-5-7-13-19(22)15-9-11-17(3)20;1-3-4-11-16(19)12-7-5-6-8-13-17(20)14-9-10-15(2)18;1-3-9-15(18)11-6-4-5-7-12-16(19)13-8-10-14(2)17;1-3-10-14(16)12-9-7-5-4-6-8-11-13(2)15/h3-4,6,12,15-18,21-22,25-26H,7,9,13-14H2,1-2H3;2-3,8,16,20-22,24-25H,4-6,9,11-13,17-18H2,1H3;4-6,12,16,18-19,21-22H,9,11,14-15H2,1-3H3;5-7,12,16-17,19-20H,9-11,14H2,1-2H3;1,4-6,11,15-16,18-19H,8-10,13H2,2H3;1,5,7,9,12,14,16H,8,10-11H2,2H3/b4-3+,12-6+;3-2+,16-8+;5-4+,12-6+;6-5+,12-7+;5-4+,11-6+;7-5+,12-9+/t2*21-,22+;18-,19+;16-,17-;15-,16-;14-/m110111/s1. The molecule has 1 aliphatic rings. The zero-order valence-corrected chi connectivity index (χ0v) is 77.4. The lowest BCUT2D eigenvalue weighted by Gasteiger charge is -2.15. The van der Waals surface area contributed by atoms with Gasteiger partial charge in [-0.3, -0.25) is 4.79 Å². The molecular formula is C111H140O18. The molecule has 11 N–H and O–H groups in total. The monoisotopic (exact) mass is 1760 g/mol. The van der Waals surface area contributed by atoms with Crippen molar-refractivity contribution in [3.05, 3.63) is 176 Å². The van der Waals surface area contributed by atoms with Crippen LogP contribution in [0.2, 0.25) is 0 Å². The molecule has 0 radical (unpaired) electrons. The fraction of sp³-hybridized carbons (Fsp3) is 0.459. The Hall–Kier alpha value is -11.8. The van der Waals surface area contributed by atoms with Crippen LogP contribution in [-0.2, 0) is 28.8 Å². The number of ketones is 6. The largest absolute Gasteiger partial charge is 0.497 e. The molecule has 692 valence electrons. The summed E-state index contributed by atoms with van der Waals surface area (Å²) in [5.41, 5.74) is 0.865. The summed E-state index contributed by atoms with van der Waals surface area (Å²) in [6.45, 7) is 15.0. The Morgan fingerprint density at radius 3 is 0.938 bits per heavy atom. The Kier molecular flexibility index (Phi) is 87.1. The van der Waals surface area contributed by atoms with E-state index in [1.54, 1.807) is 174 Å². The normalized spacial score (nSPS) is 14.0. The number of aliphatic hydroxyl groups excluding tert-OH is 11. The fourth-order valence-corrected chi connectivity index (χ4v) is 9.66. The van der Waals surface area contributed by atoms with E-state index in [4.69, 9.17) is 17.6 Å². The first-order valence-electron chi connectivity index (χ1n) is 43.6. The van der Waals surface area contributed by atoms with Crippen molar-refractivity contribution in [3.8, 4) is 149 Å². The quantitative estimate of drug-likeness (QED) is 0.0214. The van der Waals surface area contributed by atoms with Crippen molar-refractivity contribution in [2.24, 2.45) is 11.8 Å². The van der Waals surface area contributed by atoms with Crippen molar-refractivity contribution in [1.29, 1.82) is 0 Å². The molecule has 0 bridgehead atoms. The van der Waals surface area contributed by atoms with Gasteiger partial charge in [0.2, 0.25) is 0 Å². The highest BCUT2D eigenvalue weighted by Gasteiger charge is 2.11. The molecule has 11 atom stereocenters. The van der Waals surface area contributed by atoms with Gasteiger partial charge in [-0.25, -0.2) is 0 Å². The second-order valence-corrected chi connectivity index (χ2v) is 29.6. The molecule has 1 aliphatic carbocycles. The molecule has 0 spiro atoms. The molecule has 1 saturated carbocycles. The van der Waals surface area contributed by atoms with E-state index in [2.05, 4.69) is 130 Å². The van der Waals surface area contributed by atoms with Gasteiger partial charge in [-0.1, -0.05) is 243 Å². The molecule has 2 rings (SSSR count). The first kappa shape index (κ1) is 123. The predicted molar refractivity (Wildman–Crippen MR) is 521 cm³/mol. The maximum atomic E-state index is 10.8. The van der Waals surface area contributed by atoms with Crippen molar-refractivity contribution in [2.75, 3.05) is 7.11 Å². The molecule has 18 heteroatoms. The number of terminal acetylenes is 2. The molecule has 0 saturated heterocycles. The van der Waals surface area contributed by atoms with Crippen molar-refractivity contribution in [1.82, 2.24) is 0 Å². The predicted octanol–water partition coefficient (Wildman–Crippen LogP) is 14.7. The molecule has 129 heavy (non-hydrogen) atoms. The number of Topliss-reactive ketones (excluding diaryl/α,β-unsaturated/α-hetero) is 6. The van der Waals surface area contributed by atoms with Crippen molar-refractivity contribution in [2.45, 2.75) is 309 Å². The van der Waals surface area contributed by atoms with Crippen LogP contribution in [-0.4, -0.2) is 165 Å². The average molecular weight is 1760 g/mol. The van der Waals surface area contributed by atoms with Gasteiger partial charge in [0.15, 0.2) is 0 Å². The summed E-state index contributed by atoms with van der Waals surface area (Å²) in [5.74, 6) is 63.4. The van der Waals surface area contributed by atoms with E-state index in [-0.39, 0.29) is 41.1 Å².